The van der Waals surface area contributed by atoms with E-state index in [1.54, 1.807) is 31.4 Å². The molecular weight excluding hydrogens is 275 g/mol. The highest BCUT2D eigenvalue weighted by molar-refractivity contribution is 5.76. The summed E-state index contributed by atoms with van der Waals surface area (Å²) in [5.74, 6) is -1.07. The predicted molar refractivity (Wildman–Crippen MR) is 75.3 cm³/mol. The van der Waals surface area contributed by atoms with Gasteiger partial charge in [-0.15, -0.1) is 0 Å². The number of carboxylic acid groups (broad SMARTS) is 1. The normalized spacial score (nSPS) is 11.7. The Morgan fingerprint density at radius 2 is 1.67 bits per heavy atom. The van der Waals surface area contributed by atoms with E-state index < -0.39 is 11.9 Å². The summed E-state index contributed by atoms with van der Waals surface area (Å²) in [5, 5.41) is 9.30. The number of benzene rings is 2. The summed E-state index contributed by atoms with van der Waals surface area (Å²) in [7, 11) is 1.54. The number of carboxylic acids is 1. The van der Waals surface area contributed by atoms with Gasteiger partial charge in [-0.1, -0.05) is 12.1 Å². The van der Waals surface area contributed by atoms with Crippen molar-refractivity contribution in [2.24, 2.45) is 0 Å². The molecule has 0 fully saturated rings. The lowest BCUT2D eigenvalue weighted by Crippen LogP contribution is -2.19. The van der Waals surface area contributed by atoms with E-state index in [4.69, 9.17) is 9.47 Å². The standard InChI is InChI=1S/C16H15FO4/c1-20-13-6-2-11(3-7-13)15(16(18)19)10-21-14-8-4-12(17)5-9-14/h2-9,15H,10H2,1H3,(H,18,19). The van der Waals surface area contributed by atoms with Gasteiger partial charge in [0.2, 0.25) is 0 Å². The topological polar surface area (TPSA) is 55.8 Å². The Labute approximate surface area is 121 Å². The fourth-order valence-electron chi connectivity index (χ4n) is 1.86. The Hall–Kier alpha value is -2.56. The average molecular weight is 290 g/mol. The zero-order chi connectivity index (χ0) is 15.2. The fraction of sp³-hybridized carbons (Fsp3) is 0.188. The lowest BCUT2D eigenvalue weighted by Gasteiger charge is -2.14. The molecule has 0 amide bonds. The van der Waals surface area contributed by atoms with E-state index in [0.29, 0.717) is 17.1 Å². The molecule has 0 heterocycles. The van der Waals surface area contributed by atoms with Crippen molar-refractivity contribution in [3.05, 3.63) is 59.9 Å². The Bertz CT molecular complexity index is 593. The minimum Gasteiger partial charge on any atom is -0.497 e. The first-order valence-corrected chi connectivity index (χ1v) is 6.35. The minimum absolute atomic E-state index is 0.0344. The third-order valence-electron chi connectivity index (χ3n) is 3.05. The van der Waals surface area contributed by atoms with Gasteiger partial charge in [-0.3, -0.25) is 4.79 Å². The number of hydrogen-bond acceptors (Lipinski definition) is 3. The fourth-order valence-corrected chi connectivity index (χ4v) is 1.86. The molecular formula is C16H15FO4. The molecule has 0 bridgehead atoms. The Morgan fingerprint density at radius 1 is 1.10 bits per heavy atom. The third-order valence-corrected chi connectivity index (χ3v) is 3.05. The van der Waals surface area contributed by atoms with Gasteiger partial charge in [0, 0.05) is 0 Å². The second kappa shape index (κ2) is 6.74. The Balaban J connectivity index is 2.08. The molecule has 0 aliphatic rings. The van der Waals surface area contributed by atoms with Crippen LogP contribution in [0.4, 0.5) is 4.39 Å². The molecule has 0 saturated heterocycles. The SMILES string of the molecule is COc1ccc(C(COc2ccc(F)cc2)C(=O)O)cc1. The molecule has 21 heavy (non-hydrogen) atoms. The van der Waals surface area contributed by atoms with Gasteiger partial charge in [-0.25, -0.2) is 4.39 Å². The molecule has 4 nitrogen and oxygen atoms in total. The molecule has 0 aliphatic carbocycles. The van der Waals surface area contributed by atoms with Crippen LogP contribution in [0.25, 0.3) is 0 Å². The quantitative estimate of drug-likeness (QED) is 0.888. The van der Waals surface area contributed by atoms with Crippen molar-refractivity contribution in [1.82, 2.24) is 0 Å². The Morgan fingerprint density at radius 3 is 2.19 bits per heavy atom. The molecule has 0 saturated carbocycles. The zero-order valence-electron chi connectivity index (χ0n) is 11.5. The van der Waals surface area contributed by atoms with Gasteiger partial charge in [0.1, 0.15) is 29.8 Å². The molecule has 2 aromatic rings. The molecule has 0 radical (unpaired) electrons. The molecule has 5 heteroatoms. The molecule has 0 aliphatic heterocycles. The minimum atomic E-state index is -0.984. The highest BCUT2D eigenvalue weighted by Crippen LogP contribution is 2.21. The van der Waals surface area contributed by atoms with Crippen LogP contribution in [0.3, 0.4) is 0 Å². The van der Waals surface area contributed by atoms with Gasteiger partial charge in [0.05, 0.1) is 7.11 Å². The number of ether oxygens (including phenoxy) is 2. The van der Waals surface area contributed by atoms with Crippen molar-refractivity contribution in [2.75, 3.05) is 13.7 Å². The summed E-state index contributed by atoms with van der Waals surface area (Å²) in [6.45, 7) is -0.0344. The van der Waals surface area contributed by atoms with Crippen molar-refractivity contribution < 1.29 is 23.8 Å². The molecule has 1 unspecified atom stereocenters. The molecule has 2 rings (SSSR count). The van der Waals surface area contributed by atoms with Crippen LogP contribution in [0.5, 0.6) is 11.5 Å². The maximum Gasteiger partial charge on any atom is 0.314 e. The van der Waals surface area contributed by atoms with Crippen molar-refractivity contribution in [3.8, 4) is 11.5 Å². The maximum atomic E-state index is 12.8. The van der Waals surface area contributed by atoms with Gasteiger partial charge < -0.3 is 14.6 Å². The summed E-state index contributed by atoms with van der Waals surface area (Å²) in [6.07, 6.45) is 0. The second-order valence-corrected chi connectivity index (χ2v) is 4.43. The van der Waals surface area contributed by atoms with Gasteiger partial charge in [-0.2, -0.15) is 0 Å². The van der Waals surface area contributed by atoms with Crippen molar-refractivity contribution in [1.29, 1.82) is 0 Å². The number of rotatable bonds is 6. The lowest BCUT2D eigenvalue weighted by atomic mass is 10.0. The molecule has 110 valence electrons. The van der Waals surface area contributed by atoms with Crippen LogP contribution in [-0.4, -0.2) is 24.8 Å². The van der Waals surface area contributed by atoms with E-state index in [1.165, 1.54) is 24.3 Å². The van der Waals surface area contributed by atoms with Crippen LogP contribution in [-0.2, 0) is 4.79 Å². The summed E-state index contributed by atoms with van der Waals surface area (Å²) < 4.78 is 23.2. The molecule has 0 aromatic heterocycles. The number of hydrogen-bond donors (Lipinski definition) is 1. The highest BCUT2D eigenvalue weighted by Gasteiger charge is 2.20. The summed E-state index contributed by atoms with van der Waals surface area (Å²) in [6, 6.07) is 12.2. The third kappa shape index (κ3) is 3.95. The molecule has 2 aromatic carbocycles. The van der Waals surface area contributed by atoms with Gasteiger partial charge in [-0.05, 0) is 42.0 Å². The Kier molecular flexibility index (Phi) is 4.77. The van der Waals surface area contributed by atoms with Gasteiger partial charge in [0.15, 0.2) is 0 Å². The van der Waals surface area contributed by atoms with Crippen molar-refractivity contribution in [2.45, 2.75) is 5.92 Å². The van der Waals surface area contributed by atoms with Crippen LogP contribution >= 0.6 is 0 Å². The zero-order valence-corrected chi connectivity index (χ0v) is 11.5. The smallest absolute Gasteiger partial charge is 0.314 e. The van der Waals surface area contributed by atoms with Crippen LogP contribution < -0.4 is 9.47 Å². The lowest BCUT2D eigenvalue weighted by molar-refractivity contribution is -0.139. The van der Waals surface area contributed by atoms with E-state index in [1.807, 2.05) is 0 Å². The van der Waals surface area contributed by atoms with Gasteiger partial charge >= 0.3 is 5.97 Å². The van der Waals surface area contributed by atoms with Crippen molar-refractivity contribution >= 4 is 5.97 Å². The first-order chi connectivity index (χ1) is 10.1. The van der Waals surface area contributed by atoms with E-state index in [-0.39, 0.29) is 12.4 Å². The van der Waals surface area contributed by atoms with E-state index in [2.05, 4.69) is 0 Å². The van der Waals surface area contributed by atoms with Crippen molar-refractivity contribution in [3.63, 3.8) is 0 Å². The number of carbonyl (C=O) groups is 1. The number of halogens is 1. The maximum absolute atomic E-state index is 12.8. The van der Waals surface area contributed by atoms with Crippen LogP contribution in [0.15, 0.2) is 48.5 Å². The summed E-state index contributed by atoms with van der Waals surface area (Å²) >= 11 is 0. The van der Waals surface area contributed by atoms with E-state index in [0.717, 1.165) is 0 Å². The van der Waals surface area contributed by atoms with E-state index >= 15 is 0 Å². The first kappa shape index (κ1) is 14.8. The molecule has 1 atom stereocenters. The van der Waals surface area contributed by atoms with E-state index in [9.17, 15) is 14.3 Å². The van der Waals surface area contributed by atoms with Gasteiger partial charge in [0.25, 0.3) is 0 Å². The summed E-state index contributed by atoms with van der Waals surface area (Å²) in [4.78, 5) is 11.4. The van der Waals surface area contributed by atoms with Crippen LogP contribution in [0, 0.1) is 5.82 Å². The van der Waals surface area contributed by atoms with Crippen LogP contribution in [0.2, 0.25) is 0 Å². The number of aliphatic carboxylic acids is 1. The number of methoxy groups -OCH3 is 1. The summed E-state index contributed by atoms with van der Waals surface area (Å²) in [5.41, 5.74) is 0.616. The first-order valence-electron chi connectivity index (χ1n) is 6.35. The predicted octanol–water partition coefficient (Wildman–Crippen LogP) is 3.08. The second-order valence-electron chi connectivity index (χ2n) is 4.43. The largest absolute Gasteiger partial charge is 0.497 e. The van der Waals surface area contributed by atoms with Crippen LogP contribution in [0.1, 0.15) is 11.5 Å². The average Bonchev–Trinajstić information content (AvgIpc) is 2.49. The monoisotopic (exact) mass is 290 g/mol. The molecule has 0 spiro atoms. The molecule has 1 N–H and O–H groups in total. The highest BCUT2D eigenvalue weighted by atomic mass is 19.1.